The van der Waals surface area contributed by atoms with Crippen molar-refractivity contribution in [3.05, 3.63) is 48.0 Å². The number of carbonyl (C=O) groups excluding carboxylic acids is 1. The van der Waals surface area contributed by atoms with Crippen LogP contribution in [0.4, 0.5) is 0 Å². The van der Waals surface area contributed by atoms with Crippen LogP contribution in [0, 0.1) is 5.92 Å². The Morgan fingerprint density at radius 1 is 1.43 bits per heavy atom. The molecule has 3 N–H and O–H groups in total. The average Bonchev–Trinajstić information content (AvgIpc) is 2.88. The molecule has 6 nitrogen and oxygen atoms in total. The van der Waals surface area contributed by atoms with Gasteiger partial charge in [-0.05, 0) is 12.0 Å². The van der Waals surface area contributed by atoms with E-state index >= 15 is 0 Å². The summed E-state index contributed by atoms with van der Waals surface area (Å²) in [6, 6.07) is 9.66. The molecule has 0 spiro atoms. The van der Waals surface area contributed by atoms with Crippen molar-refractivity contribution in [3.63, 3.8) is 0 Å². The number of benzene rings is 1. The molecular formula is C14H17N5OS. The monoisotopic (exact) mass is 303 g/mol. The summed E-state index contributed by atoms with van der Waals surface area (Å²) < 4.78 is 1.74. The number of hydrogen-bond acceptors (Lipinski definition) is 4. The number of nitrogens with one attached hydrogen (secondary N) is 1. The maximum absolute atomic E-state index is 12.3. The normalized spacial score (nSPS) is 11.9. The zero-order valence-corrected chi connectivity index (χ0v) is 12.5. The van der Waals surface area contributed by atoms with E-state index in [9.17, 15) is 4.79 Å². The minimum absolute atomic E-state index is 0.189. The maximum Gasteiger partial charge on any atom is 0.230 e. The van der Waals surface area contributed by atoms with E-state index in [0.717, 1.165) is 5.56 Å². The number of aryl methyl sites for hydroxylation is 1. The fourth-order valence-corrected chi connectivity index (χ4v) is 2.12. The van der Waals surface area contributed by atoms with Crippen LogP contribution < -0.4 is 11.1 Å². The number of nitrogens with zero attached hydrogens (tertiary/aromatic N) is 3. The van der Waals surface area contributed by atoms with Crippen LogP contribution in [0.1, 0.15) is 11.4 Å². The van der Waals surface area contributed by atoms with E-state index in [0.29, 0.717) is 18.8 Å². The molecule has 1 aromatic heterocycles. The van der Waals surface area contributed by atoms with Crippen molar-refractivity contribution >= 4 is 23.1 Å². The predicted molar refractivity (Wildman–Crippen MR) is 83.3 cm³/mol. The van der Waals surface area contributed by atoms with E-state index < -0.39 is 5.92 Å². The van der Waals surface area contributed by atoms with Gasteiger partial charge >= 0.3 is 0 Å². The van der Waals surface area contributed by atoms with Crippen molar-refractivity contribution in [2.24, 2.45) is 18.7 Å². The Balaban J connectivity index is 1.99. The summed E-state index contributed by atoms with van der Waals surface area (Å²) in [6.07, 6.45) is 2.07. The lowest BCUT2D eigenvalue weighted by molar-refractivity contribution is -0.123. The molecule has 0 fully saturated rings. The summed E-state index contributed by atoms with van der Waals surface area (Å²) in [5.74, 6) is -0.0604. The molecule has 0 radical (unpaired) electrons. The Bertz CT molecular complexity index is 625. The molecule has 110 valence electrons. The minimum atomic E-state index is -0.532. The van der Waals surface area contributed by atoms with Crippen molar-refractivity contribution in [2.75, 3.05) is 0 Å². The Morgan fingerprint density at radius 3 is 2.71 bits per heavy atom. The first-order valence-corrected chi connectivity index (χ1v) is 6.92. The van der Waals surface area contributed by atoms with Crippen LogP contribution >= 0.6 is 12.2 Å². The molecule has 1 aromatic carbocycles. The van der Waals surface area contributed by atoms with E-state index in [1.807, 2.05) is 37.4 Å². The summed E-state index contributed by atoms with van der Waals surface area (Å²) in [4.78, 5) is 12.4. The molecule has 0 aliphatic carbocycles. The molecule has 0 saturated carbocycles. The molecule has 0 bridgehead atoms. The van der Waals surface area contributed by atoms with E-state index in [1.54, 1.807) is 10.9 Å². The summed E-state index contributed by atoms with van der Waals surface area (Å²) in [5, 5.41) is 10.5. The van der Waals surface area contributed by atoms with E-state index in [1.165, 1.54) is 0 Å². The third kappa shape index (κ3) is 4.09. The summed E-state index contributed by atoms with van der Waals surface area (Å²) in [7, 11) is 1.82. The molecule has 1 amide bonds. The second-order valence-electron chi connectivity index (χ2n) is 4.72. The highest BCUT2D eigenvalue weighted by Gasteiger charge is 2.22. The van der Waals surface area contributed by atoms with Crippen molar-refractivity contribution in [1.29, 1.82) is 0 Å². The molecular weight excluding hydrogens is 286 g/mol. The van der Waals surface area contributed by atoms with Gasteiger partial charge in [0.1, 0.15) is 6.33 Å². The van der Waals surface area contributed by atoms with E-state index in [2.05, 4.69) is 15.5 Å². The summed E-state index contributed by atoms with van der Waals surface area (Å²) in [5.41, 5.74) is 6.72. The van der Waals surface area contributed by atoms with E-state index in [-0.39, 0.29) is 10.9 Å². The Kier molecular flexibility index (Phi) is 4.99. The van der Waals surface area contributed by atoms with Gasteiger partial charge in [0.2, 0.25) is 5.91 Å². The number of rotatable bonds is 6. The second-order valence-corrected chi connectivity index (χ2v) is 5.19. The van der Waals surface area contributed by atoms with Crippen LogP contribution in [-0.2, 0) is 24.8 Å². The Morgan fingerprint density at radius 2 is 2.14 bits per heavy atom. The van der Waals surface area contributed by atoms with Gasteiger partial charge in [0.25, 0.3) is 0 Å². The fraction of sp³-hybridized carbons (Fsp3) is 0.286. The van der Waals surface area contributed by atoms with Crippen molar-refractivity contribution < 1.29 is 4.79 Å². The minimum Gasteiger partial charge on any atom is -0.393 e. The largest absolute Gasteiger partial charge is 0.393 e. The van der Waals surface area contributed by atoms with Gasteiger partial charge < -0.3 is 15.6 Å². The first-order chi connectivity index (χ1) is 10.1. The summed E-state index contributed by atoms with van der Waals surface area (Å²) >= 11 is 5.02. The molecule has 0 aliphatic rings. The highest BCUT2D eigenvalue weighted by molar-refractivity contribution is 7.80. The molecule has 2 rings (SSSR count). The van der Waals surface area contributed by atoms with Gasteiger partial charge in [-0.15, -0.1) is 10.2 Å². The average molecular weight is 303 g/mol. The van der Waals surface area contributed by atoms with Crippen LogP contribution in [0.25, 0.3) is 0 Å². The molecule has 2 aromatic rings. The van der Waals surface area contributed by atoms with Crippen molar-refractivity contribution in [1.82, 2.24) is 20.1 Å². The van der Waals surface area contributed by atoms with Crippen LogP contribution in [0.2, 0.25) is 0 Å². The number of hydrogen-bond donors (Lipinski definition) is 2. The topological polar surface area (TPSA) is 85.8 Å². The van der Waals surface area contributed by atoms with Gasteiger partial charge in [0, 0.05) is 7.05 Å². The van der Waals surface area contributed by atoms with Gasteiger partial charge in [-0.2, -0.15) is 0 Å². The molecule has 1 unspecified atom stereocenters. The highest BCUT2D eigenvalue weighted by atomic mass is 32.1. The second kappa shape index (κ2) is 6.94. The zero-order valence-electron chi connectivity index (χ0n) is 11.7. The lowest BCUT2D eigenvalue weighted by Gasteiger charge is -2.15. The first-order valence-electron chi connectivity index (χ1n) is 6.51. The maximum atomic E-state index is 12.3. The van der Waals surface area contributed by atoms with Gasteiger partial charge in [0.05, 0.1) is 17.5 Å². The zero-order chi connectivity index (χ0) is 15.2. The molecule has 0 saturated heterocycles. The standard InChI is InChI=1S/C14H17N5OS/c1-19-9-17-18-12(19)8-16-14(20)11(13(15)21)7-10-5-3-2-4-6-10/h2-6,9,11H,7-8H2,1H3,(H2,15,21)(H,16,20). The fourth-order valence-electron chi connectivity index (χ4n) is 1.93. The SMILES string of the molecule is Cn1cnnc1CNC(=O)C(Cc1ccccc1)C(N)=S. The quantitative estimate of drug-likeness (QED) is 0.762. The number of aromatic nitrogens is 3. The van der Waals surface area contributed by atoms with Gasteiger partial charge in [-0.3, -0.25) is 4.79 Å². The van der Waals surface area contributed by atoms with Crippen LogP contribution in [-0.4, -0.2) is 25.7 Å². The predicted octanol–water partition coefficient (Wildman–Crippen LogP) is 0.576. The van der Waals surface area contributed by atoms with Crippen LogP contribution in [0.3, 0.4) is 0 Å². The summed E-state index contributed by atoms with van der Waals surface area (Å²) in [6.45, 7) is 0.295. The third-order valence-electron chi connectivity index (χ3n) is 3.17. The van der Waals surface area contributed by atoms with Crippen LogP contribution in [0.15, 0.2) is 36.7 Å². The smallest absolute Gasteiger partial charge is 0.230 e. The Labute approximate surface area is 128 Å². The lowest BCUT2D eigenvalue weighted by Crippen LogP contribution is -2.39. The van der Waals surface area contributed by atoms with Crippen molar-refractivity contribution in [3.8, 4) is 0 Å². The molecule has 0 aliphatic heterocycles. The molecule has 1 heterocycles. The molecule has 21 heavy (non-hydrogen) atoms. The third-order valence-corrected chi connectivity index (χ3v) is 3.45. The number of nitrogens with two attached hydrogens (primary N) is 1. The lowest BCUT2D eigenvalue weighted by atomic mass is 9.98. The first kappa shape index (κ1) is 15.1. The van der Waals surface area contributed by atoms with Gasteiger partial charge in [-0.1, -0.05) is 42.5 Å². The Hall–Kier alpha value is -2.28. The van der Waals surface area contributed by atoms with Crippen molar-refractivity contribution in [2.45, 2.75) is 13.0 Å². The number of carbonyl (C=O) groups is 1. The van der Waals surface area contributed by atoms with Gasteiger partial charge in [-0.25, -0.2) is 0 Å². The van der Waals surface area contributed by atoms with E-state index in [4.69, 9.17) is 18.0 Å². The van der Waals surface area contributed by atoms with Crippen LogP contribution in [0.5, 0.6) is 0 Å². The highest BCUT2D eigenvalue weighted by Crippen LogP contribution is 2.10. The number of thiocarbonyl (C=S) groups is 1. The molecule has 7 heteroatoms. The molecule has 1 atom stereocenters. The number of amides is 1. The van der Waals surface area contributed by atoms with Gasteiger partial charge in [0.15, 0.2) is 5.82 Å².